The molecule has 2 aromatic rings. The minimum atomic E-state index is -3.63. The average Bonchev–Trinajstić information content (AvgIpc) is 2.75. The van der Waals surface area contributed by atoms with Crippen molar-refractivity contribution in [2.45, 2.75) is 18.4 Å². The first kappa shape index (κ1) is 14.4. The largest absolute Gasteiger partial charge is 0.398 e. The first-order valence-corrected chi connectivity index (χ1v) is 8.49. The summed E-state index contributed by atoms with van der Waals surface area (Å²) in [5.74, 6) is 0. The number of nitrogen functional groups attached to an aromatic ring is 1. The van der Waals surface area contributed by atoms with E-state index >= 15 is 0 Å². The Bertz CT molecular complexity index is 698. The predicted octanol–water partition coefficient (Wildman–Crippen LogP) is 2.27. The summed E-state index contributed by atoms with van der Waals surface area (Å²) >= 11 is 4.65. The highest BCUT2D eigenvalue weighted by Gasteiger charge is 2.18. The molecule has 1 heterocycles. The highest BCUT2D eigenvalue weighted by molar-refractivity contribution is 9.10. The van der Waals surface area contributed by atoms with Crippen molar-refractivity contribution in [3.63, 3.8) is 0 Å². The van der Waals surface area contributed by atoms with Gasteiger partial charge in [-0.1, -0.05) is 15.9 Å². The van der Waals surface area contributed by atoms with Gasteiger partial charge in [0.15, 0.2) is 0 Å². The third-order valence-electron chi connectivity index (χ3n) is 2.53. The number of rotatable bonds is 4. The average molecular weight is 362 g/mol. The Morgan fingerprint density at radius 2 is 2.21 bits per heavy atom. The molecule has 8 heteroatoms. The highest BCUT2D eigenvalue weighted by Crippen LogP contribution is 2.23. The fourth-order valence-corrected chi connectivity index (χ4v) is 3.95. The zero-order valence-corrected chi connectivity index (χ0v) is 13.3. The van der Waals surface area contributed by atoms with E-state index in [1.54, 1.807) is 17.6 Å². The number of anilines is 1. The standard InChI is InChI=1S/C11H12BrN3O2S2/c1-7-10(18-6-14-7)5-15-19(16,17)11-4-8(12)2-3-9(11)13/h2-4,6,15H,5,13H2,1H3. The summed E-state index contributed by atoms with van der Waals surface area (Å²) in [4.78, 5) is 5.03. The number of aryl methyl sites for hydroxylation is 1. The number of nitrogens with zero attached hydrogens (tertiary/aromatic N) is 1. The van der Waals surface area contributed by atoms with Crippen LogP contribution in [0, 0.1) is 6.92 Å². The molecule has 0 aliphatic heterocycles. The van der Waals surface area contributed by atoms with Crippen LogP contribution in [0.15, 0.2) is 33.1 Å². The zero-order chi connectivity index (χ0) is 14.0. The minimum Gasteiger partial charge on any atom is -0.398 e. The zero-order valence-electron chi connectivity index (χ0n) is 10.1. The summed E-state index contributed by atoms with van der Waals surface area (Å²) in [6.07, 6.45) is 0. The van der Waals surface area contributed by atoms with Crippen LogP contribution in [-0.4, -0.2) is 13.4 Å². The van der Waals surface area contributed by atoms with E-state index in [0.29, 0.717) is 4.47 Å². The summed E-state index contributed by atoms with van der Waals surface area (Å²) in [5.41, 5.74) is 8.44. The lowest BCUT2D eigenvalue weighted by Gasteiger charge is -2.09. The van der Waals surface area contributed by atoms with Gasteiger partial charge in [0.25, 0.3) is 0 Å². The number of halogens is 1. The van der Waals surface area contributed by atoms with E-state index < -0.39 is 10.0 Å². The molecule has 0 spiro atoms. The van der Waals surface area contributed by atoms with Gasteiger partial charge in [0.05, 0.1) is 16.9 Å². The number of thiazole rings is 1. The van der Waals surface area contributed by atoms with Crippen molar-refractivity contribution in [1.82, 2.24) is 9.71 Å². The number of aromatic nitrogens is 1. The van der Waals surface area contributed by atoms with E-state index in [1.807, 2.05) is 6.92 Å². The lowest BCUT2D eigenvalue weighted by Crippen LogP contribution is -2.24. The third-order valence-corrected chi connectivity index (χ3v) is 5.42. The van der Waals surface area contributed by atoms with Crippen molar-refractivity contribution in [1.29, 1.82) is 0 Å². The van der Waals surface area contributed by atoms with Crippen molar-refractivity contribution in [2.75, 3.05) is 5.73 Å². The Morgan fingerprint density at radius 3 is 2.84 bits per heavy atom. The van der Waals surface area contributed by atoms with Crippen molar-refractivity contribution in [3.8, 4) is 0 Å². The molecule has 5 nitrogen and oxygen atoms in total. The molecule has 2 rings (SSSR count). The lowest BCUT2D eigenvalue weighted by atomic mass is 10.3. The van der Waals surface area contributed by atoms with E-state index in [0.717, 1.165) is 10.6 Å². The van der Waals surface area contributed by atoms with E-state index in [9.17, 15) is 8.42 Å². The second kappa shape index (κ2) is 5.58. The van der Waals surface area contributed by atoms with Crippen molar-refractivity contribution >= 4 is 43.0 Å². The van der Waals surface area contributed by atoms with Crippen molar-refractivity contribution in [3.05, 3.63) is 38.8 Å². The van der Waals surface area contributed by atoms with Crippen LogP contribution in [0.2, 0.25) is 0 Å². The van der Waals surface area contributed by atoms with Gasteiger partial charge in [0.1, 0.15) is 4.90 Å². The molecule has 0 saturated carbocycles. The van der Waals surface area contributed by atoms with Gasteiger partial charge in [-0.2, -0.15) is 0 Å². The monoisotopic (exact) mass is 361 g/mol. The maximum absolute atomic E-state index is 12.2. The van der Waals surface area contributed by atoms with Gasteiger partial charge in [-0.3, -0.25) is 0 Å². The Morgan fingerprint density at radius 1 is 1.47 bits per heavy atom. The van der Waals surface area contributed by atoms with Crippen LogP contribution in [0.5, 0.6) is 0 Å². The van der Waals surface area contributed by atoms with Crippen LogP contribution in [0.25, 0.3) is 0 Å². The van der Waals surface area contributed by atoms with Crippen LogP contribution < -0.4 is 10.5 Å². The quantitative estimate of drug-likeness (QED) is 0.818. The van der Waals surface area contributed by atoms with Gasteiger partial charge in [0.2, 0.25) is 10.0 Å². The Hall–Kier alpha value is -0.960. The maximum Gasteiger partial charge on any atom is 0.242 e. The molecule has 0 aliphatic carbocycles. The summed E-state index contributed by atoms with van der Waals surface area (Å²) in [6, 6.07) is 4.73. The fourth-order valence-electron chi connectivity index (χ4n) is 1.48. The second-order valence-electron chi connectivity index (χ2n) is 3.87. The van der Waals surface area contributed by atoms with Crippen molar-refractivity contribution < 1.29 is 8.42 Å². The SMILES string of the molecule is Cc1ncsc1CNS(=O)(=O)c1cc(Br)ccc1N. The molecular weight excluding hydrogens is 350 g/mol. The molecule has 0 atom stereocenters. The van der Waals surface area contributed by atoms with Gasteiger partial charge in [-0.25, -0.2) is 18.1 Å². The molecule has 0 bridgehead atoms. The van der Waals surface area contributed by atoms with Gasteiger partial charge < -0.3 is 5.73 Å². The summed E-state index contributed by atoms with van der Waals surface area (Å²) < 4.78 is 27.6. The van der Waals surface area contributed by atoms with Crippen LogP contribution in [0.1, 0.15) is 10.6 Å². The fraction of sp³-hybridized carbons (Fsp3) is 0.182. The van der Waals surface area contributed by atoms with Crippen LogP contribution in [0.4, 0.5) is 5.69 Å². The summed E-state index contributed by atoms with van der Waals surface area (Å²) in [6.45, 7) is 2.05. The van der Waals surface area contributed by atoms with E-state index in [4.69, 9.17) is 5.73 Å². The highest BCUT2D eigenvalue weighted by atomic mass is 79.9. The molecule has 0 unspecified atom stereocenters. The van der Waals surface area contributed by atoms with E-state index in [2.05, 4.69) is 25.6 Å². The van der Waals surface area contributed by atoms with Crippen LogP contribution >= 0.6 is 27.3 Å². The molecule has 0 saturated heterocycles. The first-order chi connectivity index (χ1) is 8.90. The van der Waals surface area contributed by atoms with Crippen LogP contribution in [0.3, 0.4) is 0 Å². The Kier molecular flexibility index (Phi) is 4.24. The van der Waals surface area contributed by atoms with Gasteiger partial charge in [-0.05, 0) is 25.1 Å². The minimum absolute atomic E-state index is 0.0732. The normalized spacial score (nSPS) is 11.7. The Balaban J connectivity index is 2.23. The lowest BCUT2D eigenvalue weighted by molar-refractivity contribution is 0.582. The number of nitrogens with two attached hydrogens (primary N) is 1. The number of nitrogens with one attached hydrogen (secondary N) is 1. The van der Waals surface area contributed by atoms with Gasteiger partial charge >= 0.3 is 0 Å². The van der Waals surface area contributed by atoms with Gasteiger partial charge in [-0.15, -0.1) is 11.3 Å². The number of hydrogen-bond acceptors (Lipinski definition) is 5. The van der Waals surface area contributed by atoms with Crippen LogP contribution in [-0.2, 0) is 16.6 Å². The smallest absolute Gasteiger partial charge is 0.242 e. The van der Waals surface area contributed by atoms with Gasteiger partial charge in [0, 0.05) is 15.9 Å². The Labute approximate surface area is 124 Å². The second-order valence-corrected chi connectivity index (χ2v) is 7.46. The first-order valence-electron chi connectivity index (χ1n) is 5.34. The number of hydrogen-bond donors (Lipinski definition) is 2. The molecule has 3 N–H and O–H groups in total. The predicted molar refractivity (Wildman–Crippen MR) is 79.4 cm³/mol. The maximum atomic E-state index is 12.2. The van der Waals surface area contributed by atoms with E-state index in [1.165, 1.54) is 17.4 Å². The molecule has 1 aromatic heterocycles. The third kappa shape index (κ3) is 3.33. The summed E-state index contributed by atoms with van der Waals surface area (Å²) in [5, 5.41) is 0. The number of benzene rings is 1. The molecule has 19 heavy (non-hydrogen) atoms. The molecule has 102 valence electrons. The molecule has 0 fully saturated rings. The molecule has 0 radical (unpaired) electrons. The molecule has 0 amide bonds. The molecule has 0 aliphatic rings. The topological polar surface area (TPSA) is 85.1 Å². The number of sulfonamides is 1. The van der Waals surface area contributed by atoms with Crippen molar-refractivity contribution in [2.24, 2.45) is 0 Å². The molecular formula is C11H12BrN3O2S2. The molecule has 1 aromatic carbocycles. The van der Waals surface area contributed by atoms with E-state index in [-0.39, 0.29) is 17.1 Å². The summed E-state index contributed by atoms with van der Waals surface area (Å²) in [7, 11) is -3.63.